The van der Waals surface area contributed by atoms with Gasteiger partial charge in [0, 0.05) is 11.5 Å². The van der Waals surface area contributed by atoms with E-state index >= 15 is 0 Å². The highest BCUT2D eigenvalue weighted by atomic mass is 16.7. The molecule has 0 aliphatic heterocycles. The van der Waals surface area contributed by atoms with E-state index in [0.717, 1.165) is 70.6 Å². The molecule has 2 fully saturated rings. The second-order valence-corrected chi connectivity index (χ2v) is 16.9. The van der Waals surface area contributed by atoms with E-state index in [9.17, 15) is 9.90 Å². The molecule has 1 unspecified atom stereocenters. The van der Waals surface area contributed by atoms with Crippen LogP contribution < -0.4 is 9.47 Å². The highest BCUT2D eigenvalue weighted by Crippen LogP contribution is 2.47. The number of aromatic hydroxyl groups is 1. The molecule has 1 N–H and O–H groups in total. The minimum atomic E-state index is -0.583. The zero-order chi connectivity index (χ0) is 37.5. The number of hydrogen-bond donors (Lipinski definition) is 1. The molecule has 3 aromatic carbocycles. The minimum Gasteiger partial charge on any atom is -0.508 e. The summed E-state index contributed by atoms with van der Waals surface area (Å²) in [6.07, 6.45) is 11.6. The summed E-state index contributed by atoms with van der Waals surface area (Å²) in [5.74, 6) is 1.94. The molecule has 0 bridgehead atoms. The predicted molar refractivity (Wildman–Crippen MR) is 207 cm³/mol. The zero-order valence-corrected chi connectivity index (χ0v) is 32.9. The van der Waals surface area contributed by atoms with E-state index in [-0.39, 0.29) is 43.4 Å². The third-order valence-corrected chi connectivity index (χ3v) is 10.4. The quantitative estimate of drug-likeness (QED) is 0.0816. The Bertz CT molecular complexity index is 1630. The van der Waals surface area contributed by atoms with Crippen molar-refractivity contribution < 1.29 is 33.6 Å². The summed E-state index contributed by atoms with van der Waals surface area (Å²) in [7, 11) is 0. The number of hydrogen-bond acceptors (Lipinski definition) is 7. The number of ether oxygens (including phenoxy) is 5. The molecule has 7 heteroatoms. The normalized spacial score (nSPS) is 16.8. The van der Waals surface area contributed by atoms with E-state index in [1.807, 2.05) is 59.7 Å². The van der Waals surface area contributed by atoms with Gasteiger partial charge in [0.25, 0.3) is 0 Å². The van der Waals surface area contributed by atoms with Crippen LogP contribution in [0.25, 0.3) is 0 Å². The maximum atomic E-state index is 12.8. The topological polar surface area (TPSA) is 83.5 Å². The van der Waals surface area contributed by atoms with Gasteiger partial charge in [0.1, 0.15) is 22.8 Å². The molecule has 0 aromatic heterocycles. The number of esters is 1. The third-order valence-electron chi connectivity index (χ3n) is 10.4. The van der Waals surface area contributed by atoms with Crippen LogP contribution in [0.15, 0.2) is 48.5 Å². The highest BCUT2D eigenvalue weighted by molar-refractivity contribution is 5.71. The van der Waals surface area contributed by atoms with Crippen molar-refractivity contribution in [2.45, 2.75) is 149 Å². The SMILES string of the molecule is Cc1cc(OCOCOC(C)(C)C)c(C2CCCCC2)cc1C(c1cc(C2CCCCC2)c(OCC(=O)OC(C)(C)C)cc1C)c1ccccc1O. The molecule has 5 rings (SSSR count). The number of carbonyl (C=O) groups is 1. The van der Waals surface area contributed by atoms with Crippen LogP contribution in [-0.2, 0) is 19.0 Å². The average Bonchev–Trinajstić information content (AvgIpc) is 3.09. The highest BCUT2D eigenvalue weighted by Gasteiger charge is 2.30. The Hall–Kier alpha value is -3.55. The zero-order valence-electron chi connectivity index (χ0n) is 32.9. The Morgan fingerprint density at radius 3 is 1.71 bits per heavy atom. The van der Waals surface area contributed by atoms with Crippen LogP contribution in [0.2, 0.25) is 0 Å². The van der Waals surface area contributed by atoms with Gasteiger partial charge in [-0.3, -0.25) is 0 Å². The smallest absolute Gasteiger partial charge is 0.344 e. The summed E-state index contributed by atoms with van der Waals surface area (Å²) in [6, 6.07) is 16.6. The summed E-state index contributed by atoms with van der Waals surface area (Å²) in [5.41, 5.74) is 6.70. The maximum absolute atomic E-state index is 12.8. The molecule has 2 aliphatic rings. The lowest BCUT2D eigenvalue weighted by Crippen LogP contribution is -2.27. The van der Waals surface area contributed by atoms with Crippen LogP contribution in [0.5, 0.6) is 17.2 Å². The van der Waals surface area contributed by atoms with Gasteiger partial charge in [0.15, 0.2) is 20.2 Å². The van der Waals surface area contributed by atoms with Crippen molar-refractivity contribution in [2.24, 2.45) is 0 Å². The number of phenolic OH excluding ortho intramolecular Hbond substituents is 1. The molecule has 2 saturated carbocycles. The molecular formula is C45H62O7. The first-order valence-electron chi connectivity index (χ1n) is 19.5. The maximum Gasteiger partial charge on any atom is 0.344 e. The molecule has 3 aromatic rings. The molecule has 0 amide bonds. The lowest BCUT2D eigenvalue weighted by molar-refractivity contribution is -0.157. The number of carbonyl (C=O) groups excluding carboxylic acids is 1. The van der Waals surface area contributed by atoms with Gasteiger partial charge in [-0.2, -0.15) is 0 Å². The molecule has 0 saturated heterocycles. The number of para-hydroxylation sites is 1. The van der Waals surface area contributed by atoms with Crippen molar-refractivity contribution in [3.8, 4) is 17.2 Å². The number of aryl methyl sites for hydroxylation is 2. The van der Waals surface area contributed by atoms with Crippen LogP contribution in [0, 0.1) is 13.8 Å². The van der Waals surface area contributed by atoms with Gasteiger partial charge in [-0.05, 0) is 144 Å². The second kappa shape index (κ2) is 17.5. The van der Waals surface area contributed by atoms with Gasteiger partial charge in [-0.25, -0.2) is 4.79 Å². The van der Waals surface area contributed by atoms with Crippen LogP contribution >= 0.6 is 0 Å². The Kier molecular flexibility index (Phi) is 13.4. The average molecular weight is 715 g/mol. The summed E-state index contributed by atoms with van der Waals surface area (Å²) >= 11 is 0. The first-order valence-corrected chi connectivity index (χ1v) is 19.5. The summed E-state index contributed by atoms with van der Waals surface area (Å²) in [4.78, 5) is 12.8. The van der Waals surface area contributed by atoms with E-state index in [4.69, 9.17) is 23.7 Å². The summed E-state index contributed by atoms with van der Waals surface area (Å²) in [5, 5.41) is 11.5. The molecule has 0 radical (unpaired) electrons. The van der Waals surface area contributed by atoms with Crippen LogP contribution in [-0.4, -0.2) is 42.5 Å². The van der Waals surface area contributed by atoms with Gasteiger partial charge >= 0.3 is 5.97 Å². The Morgan fingerprint density at radius 2 is 1.21 bits per heavy atom. The van der Waals surface area contributed by atoms with Gasteiger partial charge in [-0.15, -0.1) is 0 Å². The van der Waals surface area contributed by atoms with Gasteiger partial charge in [0.05, 0.1) is 5.60 Å². The first kappa shape index (κ1) is 39.7. The van der Waals surface area contributed by atoms with E-state index in [0.29, 0.717) is 11.8 Å². The molecule has 7 nitrogen and oxygen atoms in total. The lowest BCUT2D eigenvalue weighted by Gasteiger charge is -2.30. The number of benzene rings is 3. The van der Waals surface area contributed by atoms with Crippen molar-refractivity contribution in [1.29, 1.82) is 0 Å². The molecule has 0 spiro atoms. The van der Waals surface area contributed by atoms with E-state index in [1.54, 1.807) is 6.07 Å². The Balaban J connectivity index is 1.59. The molecule has 1 atom stereocenters. The van der Waals surface area contributed by atoms with Crippen molar-refractivity contribution in [3.05, 3.63) is 87.5 Å². The predicted octanol–water partition coefficient (Wildman–Crippen LogP) is 11.1. The monoisotopic (exact) mass is 714 g/mol. The van der Waals surface area contributed by atoms with E-state index < -0.39 is 5.60 Å². The molecule has 0 heterocycles. The van der Waals surface area contributed by atoms with Crippen LogP contribution in [0.3, 0.4) is 0 Å². The van der Waals surface area contributed by atoms with Crippen molar-refractivity contribution >= 4 is 5.97 Å². The fraction of sp³-hybridized carbons (Fsp3) is 0.578. The molecule has 2 aliphatic carbocycles. The second-order valence-electron chi connectivity index (χ2n) is 16.9. The fourth-order valence-corrected chi connectivity index (χ4v) is 7.87. The molecule has 52 heavy (non-hydrogen) atoms. The van der Waals surface area contributed by atoms with Gasteiger partial charge in [0.2, 0.25) is 0 Å². The Labute approximate surface area is 312 Å². The van der Waals surface area contributed by atoms with Gasteiger partial charge < -0.3 is 28.8 Å². The van der Waals surface area contributed by atoms with Crippen molar-refractivity contribution in [1.82, 2.24) is 0 Å². The third kappa shape index (κ3) is 10.8. The summed E-state index contributed by atoms with van der Waals surface area (Å²) < 4.78 is 29.8. The van der Waals surface area contributed by atoms with E-state index in [1.165, 1.54) is 44.1 Å². The number of phenols is 1. The fourth-order valence-electron chi connectivity index (χ4n) is 7.87. The Morgan fingerprint density at radius 1 is 0.692 bits per heavy atom. The molecular weight excluding hydrogens is 652 g/mol. The van der Waals surface area contributed by atoms with Crippen LogP contribution in [0.4, 0.5) is 0 Å². The first-order chi connectivity index (χ1) is 24.7. The van der Waals surface area contributed by atoms with Crippen LogP contribution in [0.1, 0.15) is 162 Å². The molecule has 284 valence electrons. The largest absolute Gasteiger partial charge is 0.508 e. The standard InChI is InChI=1S/C45H62O7/c1-30-23-40(49-27-42(47)52-45(6,7)8)37(32-17-11-9-12-18-32)25-35(30)43(34-21-15-16-22-39(34)46)36-26-38(33-19-13-10-14-20-33)41(24-31(36)2)50-28-48-29-51-44(3,4)5/h15-16,21-26,32-33,43,46H,9-14,17-20,27-29H2,1-8H3. The summed E-state index contributed by atoms with van der Waals surface area (Å²) in [6.45, 7) is 16.0. The van der Waals surface area contributed by atoms with Crippen molar-refractivity contribution in [3.63, 3.8) is 0 Å². The van der Waals surface area contributed by atoms with Gasteiger partial charge in [-0.1, -0.05) is 68.9 Å². The lowest BCUT2D eigenvalue weighted by atomic mass is 9.75. The minimum absolute atomic E-state index is 0.103. The van der Waals surface area contributed by atoms with Crippen molar-refractivity contribution in [2.75, 3.05) is 20.2 Å². The number of rotatable bonds is 13. The van der Waals surface area contributed by atoms with E-state index in [2.05, 4.69) is 38.1 Å².